The molecule has 0 aliphatic rings. The molecule has 0 aliphatic carbocycles. The van der Waals surface area contributed by atoms with Crippen LogP contribution in [0.1, 0.15) is 26.7 Å². The summed E-state index contributed by atoms with van der Waals surface area (Å²) in [6.07, 6.45) is 3.21. The molecule has 0 bridgehead atoms. The summed E-state index contributed by atoms with van der Waals surface area (Å²) in [4.78, 5) is 12.2. The van der Waals surface area contributed by atoms with Gasteiger partial charge in [0.05, 0.1) is 11.2 Å². The molecule has 20 heavy (non-hydrogen) atoms. The predicted molar refractivity (Wildman–Crippen MR) is 80.2 cm³/mol. The van der Waals surface area contributed by atoms with Crippen LogP contribution in [0.2, 0.25) is 0 Å². The number of H-pyrrole nitrogens is 1. The van der Waals surface area contributed by atoms with Crippen molar-refractivity contribution in [1.82, 2.24) is 10.2 Å². The third kappa shape index (κ3) is 3.24. The van der Waals surface area contributed by atoms with Crippen molar-refractivity contribution in [2.75, 3.05) is 5.32 Å². The van der Waals surface area contributed by atoms with E-state index in [0.29, 0.717) is 6.42 Å². The van der Waals surface area contributed by atoms with Crippen LogP contribution in [-0.2, 0) is 4.79 Å². The molecule has 1 heterocycles. The van der Waals surface area contributed by atoms with Crippen LogP contribution in [0.5, 0.6) is 0 Å². The minimum Gasteiger partial charge on any atom is -0.324 e. The maximum Gasteiger partial charge on any atom is 0.244 e. The van der Waals surface area contributed by atoms with E-state index in [-0.39, 0.29) is 5.91 Å². The Morgan fingerprint density at radius 3 is 2.90 bits per heavy atom. The van der Waals surface area contributed by atoms with Crippen LogP contribution in [0.4, 0.5) is 5.69 Å². The molecule has 1 aromatic carbocycles. The van der Waals surface area contributed by atoms with Gasteiger partial charge in [-0.15, -0.1) is 0 Å². The molecule has 5 heteroatoms. The van der Waals surface area contributed by atoms with Crippen LogP contribution in [0.3, 0.4) is 0 Å². The van der Waals surface area contributed by atoms with Gasteiger partial charge in [-0.25, -0.2) is 0 Å². The van der Waals surface area contributed by atoms with Crippen LogP contribution < -0.4 is 11.1 Å². The molecule has 2 rings (SSSR count). The smallest absolute Gasteiger partial charge is 0.244 e. The molecule has 1 aromatic heterocycles. The number of carbonyl (C=O) groups is 1. The molecule has 106 valence electrons. The van der Waals surface area contributed by atoms with Crippen LogP contribution in [-0.4, -0.2) is 21.6 Å². The summed E-state index contributed by atoms with van der Waals surface area (Å²) < 4.78 is 0. The maximum absolute atomic E-state index is 12.2. The fourth-order valence-corrected chi connectivity index (χ4v) is 2.09. The summed E-state index contributed by atoms with van der Waals surface area (Å²) in [5.74, 6) is -0.166. The molecule has 0 radical (unpaired) electrons. The number of benzene rings is 1. The Hall–Kier alpha value is -2.14. The van der Waals surface area contributed by atoms with Crippen molar-refractivity contribution in [3.05, 3.63) is 36.5 Å². The van der Waals surface area contributed by atoms with Gasteiger partial charge in [0, 0.05) is 17.4 Å². The molecule has 0 aliphatic heterocycles. The largest absolute Gasteiger partial charge is 0.324 e. The van der Waals surface area contributed by atoms with Crippen LogP contribution in [0, 0.1) is 0 Å². The number of nitrogens with two attached hydrogens (primary N) is 1. The van der Waals surface area contributed by atoms with Crippen molar-refractivity contribution < 1.29 is 4.79 Å². The van der Waals surface area contributed by atoms with Crippen LogP contribution in [0.15, 0.2) is 36.5 Å². The lowest BCUT2D eigenvalue weighted by Gasteiger charge is -2.22. The third-order valence-electron chi connectivity index (χ3n) is 3.22. The summed E-state index contributed by atoms with van der Waals surface area (Å²) in [7, 11) is 0. The zero-order valence-corrected chi connectivity index (χ0v) is 11.8. The van der Waals surface area contributed by atoms with E-state index < -0.39 is 5.54 Å². The van der Waals surface area contributed by atoms with E-state index in [1.165, 1.54) is 0 Å². The van der Waals surface area contributed by atoms with Gasteiger partial charge in [-0.05, 0) is 31.5 Å². The van der Waals surface area contributed by atoms with Gasteiger partial charge in [0.1, 0.15) is 0 Å². The normalized spacial score (nSPS) is 13.8. The lowest BCUT2D eigenvalue weighted by Crippen LogP contribution is -2.48. The van der Waals surface area contributed by atoms with Gasteiger partial charge in [0.25, 0.3) is 0 Å². The van der Waals surface area contributed by atoms with Crippen LogP contribution >= 0.6 is 0 Å². The second-order valence-corrected chi connectivity index (χ2v) is 5.17. The third-order valence-corrected chi connectivity index (χ3v) is 3.22. The fourth-order valence-electron chi connectivity index (χ4n) is 2.09. The highest BCUT2D eigenvalue weighted by Crippen LogP contribution is 2.21. The average molecular weight is 272 g/mol. The molecular formula is C15H20N4O. The highest BCUT2D eigenvalue weighted by Gasteiger charge is 2.27. The number of hydrogen-bond donors (Lipinski definition) is 3. The number of carbonyl (C=O) groups excluding carboxylic acids is 1. The average Bonchev–Trinajstić information content (AvgIpc) is 2.93. The van der Waals surface area contributed by atoms with Gasteiger partial charge in [-0.1, -0.05) is 25.5 Å². The summed E-state index contributed by atoms with van der Waals surface area (Å²) in [5, 5.41) is 9.69. The number of nitrogens with zero attached hydrogens (tertiary/aromatic N) is 1. The van der Waals surface area contributed by atoms with Crippen LogP contribution in [0.25, 0.3) is 11.3 Å². The molecule has 1 amide bonds. The van der Waals surface area contributed by atoms with Crippen molar-refractivity contribution >= 4 is 11.6 Å². The Labute approximate surface area is 118 Å². The first-order valence-electron chi connectivity index (χ1n) is 6.73. The van der Waals surface area contributed by atoms with E-state index in [2.05, 4.69) is 15.5 Å². The summed E-state index contributed by atoms with van der Waals surface area (Å²) >= 11 is 0. The van der Waals surface area contributed by atoms with Gasteiger partial charge in [-0.3, -0.25) is 9.89 Å². The van der Waals surface area contributed by atoms with E-state index in [4.69, 9.17) is 5.73 Å². The standard InChI is InChI=1S/C15H20N4O/c1-3-8-15(2,16)14(20)18-12-6-4-5-11(10-12)13-7-9-17-19-13/h4-7,9-10H,3,8,16H2,1-2H3,(H,17,19)(H,18,20). The number of aromatic amines is 1. The van der Waals surface area contributed by atoms with Gasteiger partial charge in [0.2, 0.25) is 5.91 Å². The Bertz CT molecular complexity index is 575. The van der Waals surface area contributed by atoms with Crippen molar-refractivity contribution in [3.8, 4) is 11.3 Å². The number of rotatable bonds is 5. The van der Waals surface area contributed by atoms with Gasteiger partial charge in [0.15, 0.2) is 0 Å². The molecule has 5 nitrogen and oxygen atoms in total. The van der Waals surface area contributed by atoms with E-state index in [0.717, 1.165) is 23.4 Å². The molecule has 4 N–H and O–H groups in total. The zero-order valence-electron chi connectivity index (χ0n) is 11.8. The van der Waals surface area contributed by atoms with Gasteiger partial charge < -0.3 is 11.1 Å². The number of anilines is 1. The minimum atomic E-state index is -0.848. The molecular weight excluding hydrogens is 252 g/mol. The predicted octanol–water partition coefficient (Wildman–Crippen LogP) is 2.53. The highest BCUT2D eigenvalue weighted by atomic mass is 16.2. The second-order valence-electron chi connectivity index (χ2n) is 5.17. The monoisotopic (exact) mass is 272 g/mol. The zero-order chi connectivity index (χ0) is 14.6. The first-order valence-corrected chi connectivity index (χ1v) is 6.73. The van der Waals surface area contributed by atoms with Gasteiger partial charge in [-0.2, -0.15) is 5.10 Å². The summed E-state index contributed by atoms with van der Waals surface area (Å²) in [5.41, 5.74) is 7.78. The van der Waals surface area contributed by atoms with E-state index in [1.54, 1.807) is 13.1 Å². The van der Waals surface area contributed by atoms with E-state index >= 15 is 0 Å². The van der Waals surface area contributed by atoms with Crippen molar-refractivity contribution in [3.63, 3.8) is 0 Å². The van der Waals surface area contributed by atoms with Gasteiger partial charge >= 0.3 is 0 Å². The first kappa shape index (κ1) is 14.3. The molecule has 0 fully saturated rings. The van der Waals surface area contributed by atoms with Crippen molar-refractivity contribution in [2.45, 2.75) is 32.2 Å². The Morgan fingerprint density at radius 2 is 2.25 bits per heavy atom. The summed E-state index contributed by atoms with van der Waals surface area (Å²) in [6, 6.07) is 9.47. The van der Waals surface area contributed by atoms with E-state index in [1.807, 2.05) is 37.3 Å². The minimum absolute atomic E-state index is 0.166. The second kappa shape index (κ2) is 5.88. The fraction of sp³-hybridized carbons (Fsp3) is 0.333. The quantitative estimate of drug-likeness (QED) is 0.782. The van der Waals surface area contributed by atoms with Crippen molar-refractivity contribution in [1.29, 1.82) is 0 Å². The molecule has 1 atom stereocenters. The molecule has 2 aromatic rings. The topological polar surface area (TPSA) is 83.8 Å². The number of hydrogen-bond acceptors (Lipinski definition) is 3. The Kier molecular flexibility index (Phi) is 4.20. The molecule has 0 spiro atoms. The molecule has 1 unspecified atom stereocenters. The first-order chi connectivity index (χ1) is 9.53. The maximum atomic E-state index is 12.2. The highest BCUT2D eigenvalue weighted by molar-refractivity contribution is 5.98. The molecule has 0 saturated heterocycles. The SMILES string of the molecule is CCCC(C)(N)C(=O)Nc1cccc(-c2ccn[nH]2)c1. The Balaban J connectivity index is 2.14. The molecule has 0 saturated carbocycles. The number of aromatic nitrogens is 2. The van der Waals surface area contributed by atoms with E-state index in [9.17, 15) is 4.79 Å². The lowest BCUT2D eigenvalue weighted by molar-refractivity contribution is -0.120. The summed E-state index contributed by atoms with van der Waals surface area (Å²) in [6.45, 7) is 3.77. The Morgan fingerprint density at radius 1 is 1.45 bits per heavy atom. The van der Waals surface area contributed by atoms with Crippen molar-refractivity contribution in [2.24, 2.45) is 5.73 Å². The lowest BCUT2D eigenvalue weighted by atomic mass is 9.96. The number of nitrogens with one attached hydrogen (secondary N) is 2. The number of amides is 1.